The molecule has 0 spiro atoms. The summed E-state index contributed by atoms with van der Waals surface area (Å²) in [5.41, 5.74) is 7.00. The maximum absolute atomic E-state index is 2.43. The van der Waals surface area contributed by atoms with Crippen molar-refractivity contribution in [3.05, 3.63) is 65.7 Å². The quantitative estimate of drug-likeness (QED) is 0.602. The lowest BCUT2D eigenvalue weighted by Gasteiger charge is -2.18. The number of benzene rings is 2. The van der Waals surface area contributed by atoms with Crippen LogP contribution in [0.2, 0.25) is 0 Å². The molecular formula is C22H26. The summed E-state index contributed by atoms with van der Waals surface area (Å²) in [5, 5.41) is 0. The Bertz CT molecular complexity index is 629. The molecule has 0 nitrogen and oxygen atoms in total. The minimum atomic E-state index is 0.852. The highest BCUT2D eigenvalue weighted by molar-refractivity contribution is 5.71. The molecule has 22 heavy (non-hydrogen) atoms. The smallest absolute Gasteiger partial charge is 0.0184 e. The number of hydrogen-bond acceptors (Lipinski definition) is 0. The normalized spacial score (nSPS) is 18.1. The van der Waals surface area contributed by atoms with Gasteiger partial charge in [0.15, 0.2) is 0 Å². The Morgan fingerprint density at radius 2 is 1.45 bits per heavy atom. The summed E-state index contributed by atoms with van der Waals surface area (Å²) in [4.78, 5) is 0. The Balaban J connectivity index is 1.76. The predicted molar refractivity (Wildman–Crippen MR) is 96.9 cm³/mol. The van der Waals surface area contributed by atoms with Gasteiger partial charge in [-0.05, 0) is 59.4 Å². The van der Waals surface area contributed by atoms with E-state index in [1.807, 2.05) is 0 Å². The van der Waals surface area contributed by atoms with Gasteiger partial charge in [-0.2, -0.15) is 0 Å². The van der Waals surface area contributed by atoms with Gasteiger partial charge in [0, 0.05) is 0 Å². The molecule has 3 rings (SSSR count). The van der Waals surface area contributed by atoms with Crippen molar-refractivity contribution in [1.29, 1.82) is 0 Å². The third-order valence-electron chi connectivity index (χ3n) is 4.75. The lowest BCUT2D eigenvalue weighted by atomic mass is 9.87. The van der Waals surface area contributed by atoms with E-state index in [9.17, 15) is 0 Å². The Morgan fingerprint density at radius 1 is 0.864 bits per heavy atom. The molecule has 0 amide bonds. The molecule has 0 radical (unpaired) electrons. The fourth-order valence-electron chi connectivity index (χ4n) is 3.26. The average molecular weight is 290 g/mol. The maximum atomic E-state index is 2.43. The van der Waals surface area contributed by atoms with E-state index in [-0.39, 0.29) is 0 Å². The second kappa shape index (κ2) is 6.96. The van der Waals surface area contributed by atoms with E-state index < -0.39 is 0 Å². The van der Waals surface area contributed by atoms with Crippen LogP contribution in [0.25, 0.3) is 16.7 Å². The second-order valence-electron chi connectivity index (χ2n) is 6.63. The monoisotopic (exact) mass is 290 g/mol. The fourth-order valence-corrected chi connectivity index (χ4v) is 3.26. The molecule has 0 aromatic heterocycles. The van der Waals surface area contributed by atoms with Crippen LogP contribution in [0.3, 0.4) is 0 Å². The van der Waals surface area contributed by atoms with Gasteiger partial charge in [0.2, 0.25) is 0 Å². The Morgan fingerprint density at radius 3 is 2.00 bits per heavy atom. The van der Waals surface area contributed by atoms with Crippen molar-refractivity contribution in [3.8, 4) is 11.1 Å². The first-order chi connectivity index (χ1) is 10.8. The van der Waals surface area contributed by atoms with Crippen LogP contribution in [0.1, 0.15) is 50.7 Å². The van der Waals surface area contributed by atoms with Gasteiger partial charge >= 0.3 is 0 Å². The van der Waals surface area contributed by atoms with Gasteiger partial charge in [-0.15, -0.1) is 0 Å². The van der Waals surface area contributed by atoms with Gasteiger partial charge in [-0.3, -0.25) is 0 Å². The standard InChI is InChI=1S/C22H26/c1-3-4-18-7-11-20(12-8-18)22-15-13-21(14-16-22)19-9-5-17(2)6-10-19/h7-9,11-17H,3-6,10H2,1-2H3. The molecule has 0 heteroatoms. The van der Waals surface area contributed by atoms with Gasteiger partial charge in [0.25, 0.3) is 0 Å². The zero-order valence-corrected chi connectivity index (χ0v) is 13.8. The van der Waals surface area contributed by atoms with Crippen LogP contribution in [-0.2, 0) is 6.42 Å². The van der Waals surface area contributed by atoms with Crippen LogP contribution in [0, 0.1) is 5.92 Å². The molecule has 0 fully saturated rings. The molecule has 1 aliphatic rings. The van der Waals surface area contributed by atoms with Crippen LogP contribution in [0.5, 0.6) is 0 Å². The third-order valence-corrected chi connectivity index (χ3v) is 4.75. The highest BCUT2D eigenvalue weighted by atomic mass is 14.2. The molecule has 2 aromatic rings. The van der Waals surface area contributed by atoms with Gasteiger partial charge in [-0.1, -0.05) is 74.9 Å². The lowest BCUT2D eigenvalue weighted by molar-refractivity contribution is 0.534. The molecule has 1 atom stereocenters. The number of rotatable bonds is 4. The molecule has 0 aliphatic heterocycles. The second-order valence-corrected chi connectivity index (χ2v) is 6.63. The molecule has 0 heterocycles. The summed E-state index contributed by atoms with van der Waals surface area (Å²) >= 11 is 0. The summed E-state index contributed by atoms with van der Waals surface area (Å²) in [7, 11) is 0. The van der Waals surface area contributed by atoms with E-state index >= 15 is 0 Å². The third kappa shape index (κ3) is 3.50. The molecule has 0 saturated heterocycles. The van der Waals surface area contributed by atoms with E-state index in [4.69, 9.17) is 0 Å². The molecule has 2 aromatic carbocycles. The van der Waals surface area contributed by atoms with Gasteiger partial charge in [-0.25, -0.2) is 0 Å². The first-order valence-electron chi connectivity index (χ1n) is 8.65. The zero-order chi connectivity index (χ0) is 15.4. The molecule has 0 saturated carbocycles. The molecule has 114 valence electrons. The van der Waals surface area contributed by atoms with E-state index in [2.05, 4.69) is 68.5 Å². The van der Waals surface area contributed by atoms with E-state index in [0.717, 1.165) is 5.92 Å². The first kappa shape index (κ1) is 15.1. The van der Waals surface area contributed by atoms with Crippen LogP contribution in [0.15, 0.2) is 54.6 Å². The Kier molecular flexibility index (Phi) is 4.77. The highest BCUT2D eigenvalue weighted by Gasteiger charge is 2.11. The first-order valence-corrected chi connectivity index (χ1v) is 8.65. The number of allylic oxidation sites excluding steroid dienone is 2. The van der Waals surface area contributed by atoms with Crippen LogP contribution in [0.4, 0.5) is 0 Å². The van der Waals surface area contributed by atoms with E-state index in [1.165, 1.54) is 59.9 Å². The average Bonchev–Trinajstić information content (AvgIpc) is 2.57. The summed E-state index contributed by atoms with van der Waals surface area (Å²) in [6.07, 6.45) is 8.60. The molecule has 0 bridgehead atoms. The fraction of sp³-hybridized carbons (Fsp3) is 0.364. The minimum absolute atomic E-state index is 0.852. The Labute approximate surface area is 134 Å². The molecule has 1 aliphatic carbocycles. The Hall–Kier alpha value is -1.82. The maximum Gasteiger partial charge on any atom is -0.0184 e. The molecule has 0 N–H and O–H groups in total. The summed E-state index contributed by atoms with van der Waals surface area (Å²) in [6.45, 7) is 4.58. The SMILES string of the molecule is CCCc1ccc(-c2ccc(C3=CCC(C)CC3)cc2)cc1. The highest BCUT2D eigenvalue weighted by Crippen LogP contribution is 2.31. The minimum Gasteiger partial charge on any atom is -0.0805 e. The van der Waals surface area contributed by atoms with Crippen LogP contribution >= 0.6 is 0 Å². The number of hydrogen-bond donors (Lipinski definition) is 0. The predicted octanol–water partition coefficient (Wildman–Crippen LogP) is 6.51. The molecule has 1 unspecified atom stereocenters. The zero-order valence-electron chi connectivity index (χ0n) is 13.8. The number of aryl methyl sites for hydroxylation is 1. The van der Waals surface area contributed by atoms with Crippen molar-refractivity contribution < 1.29 is 0 Å². The van der Waals surface area contributed by atoms with Crippen molar-refractivity contribution in [2.45, 2.75) is 46.0 Å². The van der Waals surface area contributed by atoms with Crippen molar-refractivity contribution in [2.75, 3.05) is 0 Å². The van der Waals surface area contributed by atoms with E-state index in [1.54, 1.807) is 0 Å². The van der Waals surface area contributed by atoms with Crippen LogP contribution in [-0.4, -0.2) is 0 Å². The van der Waals surface area contributed by atoms with Crippen LogP contribution < -0.4 is 0 Å². The van der Waals surface area contributed by atoms with E-state index in [0.29, 0.717) is 0 Å². The van der Waals surface area contributed by atoms with Gasteiger partial charge in [0.1, 0.15) is 0 Å². The van der Waals surface area contributed by atoms with Crippen molar-refractivity contribution in [2.24, 2.45) is 5.92 Å². The van der Waals surface area contributed by atoms with Gasteiger partial charge < -0.3 is 0 Å². The largest absolute Gasteiger partial charge is 0.0805 e. The summed E-state index contributed by atoms with van der Waals surface area (Å²) in [5.74, 6) is 0.852. The van der Waals surface area contributed by atoms with Crippen molar-refractivity contribution in [3.63, 3.8) is 0 Å². The summed E-state index contributed by atoms with van der Waals surface area (Å²) < 4.78 is 0. The summed E-state index contributed by atoms with van der Waals surface area (Å²) in [6, 6.07) is 18.1. The topological polar surface area (TPSA) is 0 Å². The lowest BCUT2D eigenvalue weighted by Crippen LogP contribution is -2.00. The molecular weight excluding hydrogens is 264 g/mol. The van der Waals surface area contributed by atoms with Crippen molar-refractivity contribution in [1.82, 2.24) is 0 Å². The van der Waals surface area contributed by atoms with Gasteiger partial charge in [0.05, 0.1) is 0 Å². The van der Waals surface area contributed by atoms with Crippen molar-refractivity contribution >= 4 is 5.57 Å².